The summed E-state index contributed by atoms with van der Waals surface area (Å²) >= 11 is 0. The summed E-state index contributed by atoms with van der Waals surface area (Å²) < 4.78 is 1.99. The molecule has 0 radical (unpaired) electrons. The van der Waals surface area contributed by atoms with E-state index in [0.717, 1.165) is 12.1 Å². The first kappa shape index (κ1) is 17.7. The van der Waals surface area contributed by atoms with Gasteiger partial charge >= 0.3 is 0 Å². The van der Waals surface area contributed by atoms with Gasteiger partial charge < -0.3 is 15.2 Å². The molecule has 0 spiro atoms. The summed E-state index contributed by atoms with van der Waals surface area (Å²) in [6.07, 6.45) is 5.45. The third-order valence-corrected chi connectivity index (χ3v) is 3.53. The Labute approximate surface area is 142 Å². The van der Waals surface area contributed by atoms with Crippen LogP contribution in [-0.2, 0) is 22.7 Å². The van der Waals surface area contributed by atoms with Crippen LogP contribution in [0.3, 0.4) is 0 Å². The van der Waals surface area contributed by atoms with Crippen molar-refractivity contribution in [2.75, 3.05) is 6.54 Å². The van der Waals surface area contributed by atoms with Gasteiger partial charge in [0.1, 0.15) is 0 Å². The van der Waals surface area contributed by atoms with E-state index in [2.05, 4.69) is 15.6 Å². The van der Waals surface area contributed by atoms with Crippen molar-refractivity contribution in [3.63, 3.8) is 0 Å². The number of hydrogen-bond donors (Lipinski definition) is 2. The molecule has 0 aliphatic carbocycles. The van der Waals surface area contributed by atoms with Gasteiger partial charge in [0.05, 0.1) is 12.9 Å². The first-order valence-corrected chi connectivity index (χ1v) is 7.93. The molecular formula is C18H24N4O2. The van der Waals surface area contributed by atoms with E-state index in [1.807, 2.05) is 55.8 Å². The second kappa shape index (κ2) is 7.77. The summed E-state index contributed by atoms with van der Waals surface area (Å²) in [5, 5.41) is 5.43. The summed E-state index contributed by atoms with van der Waals surface area (Å²) in [7, 11) is 0. The Morgan fingerprint density at radius 2 is 1.75 bits per heavy atom. The highest BCUT2D eigenvalue weighted by Crippen LogP contribution is 2.12. The van der Waals surface area contributed by atoms with E-state index in [0.29, 0.717) is 6.54 Å². The number of carbonyl (C=O) groups is 2. The number of carbonyl (C=O) groups excluding carboxylic acids is 2. The fourth-order valence-corrected chi connectivity index (χ4v) is 2.04. The topological polar surface area (TPSA) is 76.0 Å². The number of nitrogens with one attached hydrogen (secondary N) is 2. The Morgan fingerprint density at radius 1 is 1.08 bits per heavy atom. The molecule has 1 aromatic heterocycles. The maximum atomic E-state index is 11.8. The second-order valence-corrected chi connectivity index (χ2v) is 6.76. The molecule has 0 saturated carbocycles. The zero-order valence-electron chi connectivity index (χ0n) is 14.4. The van der Waals surface area contributed by atoms with Crippen molar-refractivity contribution in [2.45, 2.75) is 33.9 Å². The maximum Gasteiger partial charge on any atom is 0.239 e. The van der Waals surface area contributed by atoms with Crippen molar-refractivity contribution in [2.24, 2.45) is 5.41 Å². The fourth-order valence-electron chi connectivity index (χ4n) is 2.04. The molecule has 1 aromatic carbocycles. The molecule has 2 rings (SSSR count). The molecule has 0 fully saturated rings. The van der Waals surface area contributed by atoms with Crippen LogP contribution in [0, 0.1) is 5.41 Å². The lowest BCUT2D eigenvalue weighted by Crippen LogP contribution is -2.41. The summed E-state index contributed by atoms with van der Waals surface area (Å²) in [5.41, 5.74) is 1.69. The number of aromatic nitrogens is 2. The Balaban J connectivity index is 1.75. The Kier molecular flexibility index (Phi) is 5.73. The van der Waals surface area contributed by atoms with Gasteiger partial charge in [0.15, 0.2) is 0 Å². The van der Waals surface area contributed by atoms with Crippen molar-refractivity contribution in [1.82, 2.24) is 20.2 Å². The van der Waals surface area contributed by atoms with E-state index in [-0.39, 0.29) is 18.4 Å². The maximum absolute atomic E-state index is 11.8. The number of amides is 2. The first-order valence-electron chi connectivity index (χ1n) is 7.93. The molecule has 2 amide bonds. The lowest BCUT2D eigenvalue weighted by molar-refractivity contribution is -0.131. The quantitative estimate of drug-likeness (QED) is 0.847. The summed E-state index contributed by atoms with van der Waals surface area (Å²) in [6.45, 7) is 6.64. The molecule has 0 bridgehead atoms. The molecule has 0 saturated heterocycles. The summed E-state index contributed by atoms with van der Waals surface area (Å²) in [5.74, 6) is -0.336. The monoisotopic (exact) mass is 328 g/mol. The Morgan fingerprint density at radius 3 is 2.33 bits per heavy atom. The van der Waals surface area contributed by atoms with Crippen LogP contribution in [0.25, 0.3) is 0 Å². The van der Waals surface area contributed by atoms with Crippen LogP contribution in [0.15, 0.2) is 43.0 Å². The number of benzene rings is 1. The summed E-state index contributed by atoms with van der Waals surface area (Å²) in [6, 6.07) is 8.03. The van der Waals surface area contributed by atoms with Crippen LogP contribution in [0.5, 0.6) is 0 Å². The van der Waals surface area contributed by atoms with Crippen molar-refractivity contribution in [3.8, 4) is 0 Å². The molecule has 0 unspecified atom stereocenters. The highest BCUT2D eigenvalue weighted by molar-refractivity contribution is 5.87. The second-order valence-electron chi connectivity index (χ2n) is 6.76. The zero-order valence-corrected chi connectivity index (χ0v) is 14.4. The Hall–Kier alpha value is -2.63. The third-order valence-electron chi connectivity index (χ3n) is 3.53. The van der Waals surface area contributed by atoms with Gasteiger partial charge in [0.2, 0.25) is 11.8 Å². The molecule has 24 heavy (non-hydrogen) atoms. The molecule has 128 valence electrons. The summed E-state index contributed by atoms with van der Waals surface area (Å²) in [4.78, 5) is 27.5. The lowest BCUT2D eigenvalue weighted by Gasteiger charge is -2.17. The average molecular weight is 328 g/mol. The molecule has 0 aliphatic heterocycles. The molecule has 1 heterocycles. The smallest absolute Gasteiger partial charge is 0.239 e. The van der Waals surface area contributed by atoms with Crippen molar-refractivity contribution < 1.29 is 9.59 Å². The van der Waals surface area contributed by atoms with Crippen molar-refractivity contribution >= 4 is 11.8 Å². The predicted octanol–water partition coefficient (Wildman–Crippen LogP) is 1.71. The molecule has 6 heteroatoms. The number of hydrogen-bond acceptors (Lipinski definition) is 3. The standard InChI is InChI=1S/C18H24N4O2/c1-18(2,3)17(24)21-11-16(23)20-10-14-4-6-15(7-5-14)12-22-9-8-19-13-22/h4-9,13H,10-12H2,1-3H3,(H,20,23)(H,21,24). The lowest BCUT2D eigenvalue weighted by atomic mass is 9.96. The van der Waals surface area contributed by atoms with Gasteiger partial charge in [-0.05, 0) is 11.1 Å². The van der Waals surface area contributed by atoms with E-state index in [1.165, 1.54) is 5.56 Å². The van der Waals surface area contributed by atoms with Gasteiger partial charge in [0, 0.05) is 30.9 Å². The van der Waals surface area contributed by atoms with Gasteiger partial charge in [-0.2, -0.15) is 0 Å². The van der Waals surface area contributed by atoms with Crippen molar-refractivity contribution in [1.29, 1.82) is 0 Å². The first-order chi connectivity index (χ1) is 11.3. The van der Waals surface area contributed by atoms with Gasteiger partial charge in [-0.1, -0.05) is 45.0 Å². The molecule has 2 aromatic rings. The number of rotatable bonds is 6. The molecule has 0 atom stereocenters. The van der Waals surface area contributed by atoms with E-state index in [1.54, 1.807) is 12.5 Å². The molecular weight excluding hydrogens is 304 g/mol. The van der Waals surface area contributed by atoms with Gasteiger partial charge in [-0.25, -0.2) is 4.98 Å². The van der Waals surface area contributed by atoms with Gasteiger partial charge in [-0.15, -0.1) is 0 Å². The minimum absolute atomic E-state index is 0.00514. The van der Waals surface area contributed by atoms with Crippen LogP contribution in [-0.4, -0.2) is 27.9 Å². The van der Waals surface area contributed by atoms with Crippen LogP contribution in [0.1, 0.15) is 31.9 Å². The zero-order chi connectivity index (χ0) is 17.6. The van der Waals surface area contributed by atoms with E-state index >= 15 is 0 Å². The number of nitrogens with zero attached hydrogens (tertiary/aromatic N) is 2. The minimum atomic E-state index is -0.495. The fraction of sp³-hybridized carbons (Fsp3) is 0.389. The molecule has 2 N–H and O–H groups in total. The molecule has 0 aliphatic rings. The highest BCUT2D eigenvalue weighted by Gasteiger charge is 2.21. The number of imidazole rings is 1. The van der Waals surface area contributed by atoms with Crippen LogP contribution in [0.2, 0.25) is 0 Å². The van der Waals surface area contributed by atoms with Crippen molar-refractivity contribution in [3.05, 3.63) is 54.1 Å². The van der Waals surface area contributed by atoms with E-state index < -0.39 is 5.41 Å². The SMILES string of the molecule is CC(C)(C)C(=O)NCC(=O)NCc1ccc(Cn2ccnc2)cc1. The largest absolute Gasteiger partial charge is 0.350 e. The minimum Gasteiger partial charge on any atom is -0.350 e. The molecule has 6 nitrogen and oxygen atoms in total. The van der Waals surface area contributed by atoms with Crippen LogP contribution < -0.4 is 10.6 Å². The van der Waals surface area contributed by atoms with E-state index in [9.17, 15) is 9.59 Å². The van der Waals surface area contributed by atoms with E-state index in [4.69, 9.17) is 0 Å². The van der Waals surface area contributed by atoms with Gasteiger partial charge in [0.25, 0.3) is 0 Å². The third kappa shape index (κ3) is 5.53. The average Bonchev–Trinajstić information content (AvgIpc) is 3.04. The van der Waals surface area contributed by atoms with Crippen LogP contribution in [0.4, 0.5) is 0 Å². The van der Waals surface area contributed by atoms with Gasteiger partial charge in [-0.3, -0.25) is 9.59 Å². The predicted molar refractivity (Wildman–Crippen MR) is 92.1 cm³/mol. The van der Waals surface area contributed by atoms with Crippen LogP contribution >= 0.6 is 0 Å². The normalized spacial score (nSPS) is 11.1. The highest BCUT2D eigenvalue weighted by atomic mass is 16.2. The Bertz CT molecular complexity index is 670.